The summed E-state index contributed by atoms with van der Waals surface area (Å²) in [6, 6.07) is 6.39. The van der Waals surface area contributed by atoms with Crippen molar-refractivity contribution in [2.45, 2.75) is 84.0 Å². The highest BCUT2D eigenvalue weighted by Crippen LogP contribution is 2.31. The maximum absolute atomic E-state index is 2.37. The molecule has 0 aromatic heterocycles. The van der Waals surface area contributed by atoms with Crippen LogP contribution in [-0.2, 0) is 0 Å². The van der Waals surface area contributed by atoms with Crippen molar-refractivity contribution in [1.82, 2.24) is 0 Å². The van der Waals surface area contributed by atoms with Gasteiger partial charge in [-0.2, -0.15) is 0 Å². The summed E-state index contributed by atoms with van der Waals surface area (Å²) in [4.78, 5) is 0. The zero-order chi connectivity index (χ0) is 10.9. The predicted molar refractivity (Wildman–Crippen MR) is 70.8 cm³/mol. The molecule has 0 nitrogen and oxygen atoms in total. The van der Waals surface area contributed by atoms with E-state index in [1.54, 1.807) is 24.2 Å². The molecule has 0 N–H and O–H groups in total. The molecule has 0 bridgehead atoms. The summed E-state index contributed by atoms with van der Waals surface area (Å²) in [6.07, 6.45) is 7.17. The van der Waals surface area contributed by atoms with Gasteiger partial charge < -0.3 is 0 Å². The first-order valence-corrected chi connectivity index (χ1v) is 9.57. The Morgan fingerprint density at radius 1 is 0.571 bits per heavy atom. The summed E-state index contributed by atoms with van der Waals surface area (Å²) in [6.45, 7) is 9.46. The molecule has 0 aliphatic heterocycles. The lowest BCUT2D eigenvalue weighted by Crippen LogP contribution is -2.33. The van der Waals surface area contributed by atoms with Gasteiger partial charge in [-0.25, -0.2) is 0 Å². The van der Waals surface area contributed by atoms with Gasteiger partial charge in [0.25, 0.3) is 0 Å². The van der Waals surface area contributed by atoms with Crippen LogP contribution in [0.4, 0.5) is 0 Å². The fourth-order valence-electron chi connectivity index (χ4n) is 2.89. The van der Waals surface area contributed by atoms with Gasteiger partial charge in [-0.1, -0.05) is 84.0 Å². The van der Waals surface area contributed by atoms with Crippen molar-refractivity contribution in [2.75, 3.05) is 0 Å². The van der Waals surface area contributed by atoms with Crippen LogP contribution in [0.25, 0.3) is 0 Å². The molecule has 14 heavy (non-hydrogen) atoms. The average Bonchev–Trinajstić information content (AvgIpc) is 2.16. The second kappa shape index (κ2) is 8.52. The van der Waals surface area contributed by atoms with Crippen LogP contribution in [0.2, 0.25) is 24.2 Å². The molecular formula is C13H30Si. The Labute approximate surface area is 92.5 Å². The van der Waals surface area contributed by atoms with Gasteiger partial charge in [0.1, 0.15) is 0 Å². The van der Waals surface area contributed by atoms with E-state index in [4.69, 9.17) is 0 Å². The summed E-state index contributed by atoms with van der Waals surface area (Å²) in [5.74, 6) is 0. The molecule has 0 atom stereocenters. The number of rotatable bonds is 9. The van der Waals surface area contributed by atoms with Crippen molar-refractivity contribution in [2.24, 2.45) is 0 Å². The Morgan fingerprint density at radius 3 is 1.29 bits per heavy atom. The van der Waals surface area contributed by atoms with Crippen LogP contribution in [0, 0.1) is 0 Å². The molecule has 0 unspecified atom stereocenters. The first-order valence-electron chi connectivity index (χ1n) is 6.74. The molecular weight excluding hydrogens is 184 g/mol. The minimum Gasteiger partial charge on any atom is -0.0657 e. The van der Waals surface area contributed by atoms with Crippen LogP contribution in [0.15, 0.2) is 0 Å². The second-order valence-corrected chi connectivity index (χ2v) is 9.85. The molecule has 0 spiro atoms. The molecule has 0 aromatic rings. The van der Waals surface area contributed by atoms with Crippen LogP contribution in [-0.4, -0.2) is 8.07 Å². The summed E-state index contributed by atoms with van der Waals surface area (Å²) in [5.41, 5.74) is 0. The Morgan fingerprint density at radius 2 is 1.00 bits per heavy atom. The molecule has 0 heterocycles. The minimum atomic E-state index is -0.816. The molecule has 0 amide bonds. The highest BCUT2D eigenvalue weighted by molar-refractivity contribution is 6.79. The van der Waals surface area contributed by atoms with Crippen molar-refractivity contribution in [3.8, 4) is 0 Å². The number of hydrogen-bond acceptors (Lipinski definition) is 0. The van der Waals surface area contributed by atoms with Crippen molar-refractivity contribution >= 4 is 8.07 Å². The summed E-state index contributed by atoms with van der Waals surface area (Å²) < 4.78 is 0. The third-order valence-electron chi connectivity index (χ3n) is 3.40. The molecule has 0 saturated heterocycles. The third kappa shape index (κ3) is 5.19. The minimum absolute atomic E-state index is 0.816. The highest BCUT2D eigenvalue weighted by atomic mass is 28.3. The average molecular weight is 214 g/mol. The van der Waals surface area contributed by atoms with Crippen molar-refractivity contribution in [3.63, 3.8) is 0 Å². The van der Waals surface area contributed by atoms with Crippen LogP contribution in [0.5, 0.6) is 0 Å². The maximum atomic E-state index is 2.37. The topological polar surface area (TPSA) is 0 Å². The lowest BCUT2D eigenvalue weighted by Gasteiger charge is -2.31. The Bertz CT molecular complexity index is 103. The van der Waals surface area contributed by atoms with E-state index in [1.807, 2.05) is 0 Å². The van der Waals surface area contributed by atoms with E-state index in [-0.39, 0.29) is 0 Å². The standard InChI is InChI=1S/C13H30Si/c1-5-9-13-14(10-6-2,11-7-3)12-8-4/h5-13H2,1-4H3. The quantitative estimate of drug-likeness (QED) is 0.447. The monoisotopic (exact) mass is 214 g/mol. The summed E-state index contributed by atoms with van der Waals surface area (Å²) in [5, 5.41) is 0. The molecule has 86 valence electrons. The van der Waals surface area contributed by atoms with Crippen LogP contribution >= 0.6 is 0 Å². The van der Waals surface area contributed by atoms with Gasteiger partial charge in [0, 0.05) is 0 Å². The molecule has 0 rings (SSSR count). The number of unbranched alkanes of at least 4 members (excludes halogenated alkanes) is 1. The Kier molecular flexibility index (Phi) is 8.65. The van der Waals surface area contributed by atoms with E-state index >= 15 is 0 Å². The van der Waals surface area contributed by atoms with E-state index < -0.39 is 8.07 Å². The summed E-state index contributed by atoms with van der Waals surface area (Å²) >= 11 is 0. The first kappa shape index (κ1) is 14.2. The lowest BCUT2D eigenvalue weighted by molar-refractivity contribution is 0.822. The van der Waals surface area contributed by atoms with Crippen molar-refractivity contribution < 1.29 is 0 Å². The smallest absolute Gasteiger partial charge is 0.0535 e. The molecule has 0 aliphatic carbocycles. The largest absolute Gasteiger partial charge is 0.0657 e. The van der Waals surface area contributed by atoms with Crippen molar-refractivity contribution in [1.29, 1.82) is 0 Å². The van der Waals surface area contributed by atoms with E-state index in [2.05, 4.69) is 27.7 Å². The van der Waals surface area contributed by atoms with Gasteiger partial charge in [0.05, 0.1) is 8.07 Å². The second-order valence-electron chi connectivity index (χ2n) is 4.85. The SMILES string of the molecule is CCCC[Si](CCC)(CCC)CCC. The van der Waals surface area contributed by atoms with Gasteiger partial charge in [-0.05, 0) is 0 Å². The van der Waals surface area contributed by atoms with E-state index in [9.17, 15) is 0 Å². The zero-order valence-electron chi connectivity index (χ0n) is 10.9. The van der Waals surface area contributed by atoms with Gasteiger partial charge >= 0.3 is 0 Å². The molecule has 0 aliphatic rings. The predicted octanol–water partition coefficient (Wildman–Crippen LogP) is 5.47. The van der Waals surface area contributed by atoms with Gasteiger partial charge in [-0.15, -0.1) is 0 Å². The molecule has 0 radical (unpaired) electrons. The molecule has 0 saturated carbocycles. The Hall–Kier alpha value is 0.217. The highest BCUT2D eigenvalue weighted by Gasteiger charge is 2.28. The first-order chi connectivity index (χ1) is 6.74. The normalized spacial score (nSPS) is 12.0. The zero-order valence-corrected chi connectivity index (χ0v) is 11.9. The van der Waals surface area contributed by atoms with E-state index in [0.29, 0.717) is 0 Å². The summed E-state index contributed by atoms with van der Waals surface area (Å²) in [7, 11) is -0.816. The van der Waals surface area contributed by atoms with Crippen LogP contribution in [0.1, 0.15) is 59.8 Å². The molecule has 1 heteroatoms. The lowest BCUT2D eigenvalue weighted by atomic mass is 10.4. The van der Waals surface area contributed by atoms with Gasteiger partial charge in [-0.3, -0.25) is 0 Å². The fourth-order valence-corrected chi connectivity index (χ4v) is 8.68. The maximum Gasteiger partial charge on any atom is 0.0535 e. The van der Waals surface area contributed by atoms with Crippen LogP contribution in [0.3, 0.4) is 0 Å². The Balaban J connectivity index is 4.21. The van der Waals surface area contributed by atoms with Crippen molar-refractivity contribution in [3.05, 3.63) is 0 Å². The van der Waals surface area contributed by atoms with Crippen LogP contribution < -0.4 is 0 Å². The van der Waals surface area contributed by atoms with E-state index in [0.717, 1.165) is 0 Å². The van der Waals surface area contributed by atoms with E-state index in [1.165, 1.54) is 32.1 Å². The third-order valence-corrected chi connectivity index (χ3v) is 9.50. The molecule has 0 fully saturated rings. The van der Waals surface area contributed by atoms with Gasteiger partial charge in [0.2, 0.25) is 0 Å². The molecule has 0 aromatic carbocycles. The fraction of sp³-hybridized carbons (Fsp3) is 1.00. The number of hydrogen-bond donors (Lipinski definition) is 0. The van der Waals surface area contributed by atoms with Gasteiger partial charge in [0.15, 0.2) is 0 Å².